The number of benzene rings is 7. The van der Waals surface area contributed by atoms with Gasteiger partial charge in [-0.2, -0.15) is 0 Å². The summed E-state index contributed by atoms with van der Waals surface area (Å²) in [5.74, 6) is 0. The SMILES string of the molecule is Cc1c(-c2cc(-c3cnccn3)cc(-c3cccc(N4c5ccccc5CCc5ccccc54)c3C)c2)cccc1N1c2ccccc2CCc2ccccc21. The van der Waals surface area contributed by atoms with Crippen LogP contribution in [0.25, 0.3) is 33.5 Å². The third kappa shape index (κ3) is 5.86. The molecule has 0 amide bonds. The lowest BCUT2D eigenvalue weighted by Gasteiger charge is -2.30. The lowest BCUT2D eigenvalue weighted by Crippen LogP contribution is -2.13. The molecule has 56 heavy (non-hydrogen) atoms. The zero-order valence-corrected chi connectivity index (χ0v) is 31.8. The van der Waals surface area contributed by atoms with E-state index < -0.39 is 0 Å². The Morgan fingerprint density at radius 3 is 1.16 bits per heavy atom. The second kappa shape index (κ2) is 14.1. The highest BCUT2D eigenvalue weighted by Gasteiger charge is 2.26. The molecular weight excluding hydrogens is 681 g/mol. The summed E-state index contributed by atoms with van der Waals surface area (Å²) in [6.07, 6.45) is 9.44. The Hall–Kier alpha value is -6.78. The molecule has 0 saturated heterocycles. The Labute approximate surface area is 329 Å². The van der Waals surface area contributed by atoms with Gasteiger partial charge in [0, 0.05) is 52.1 Å². The number of aryl methyl sites for hydroxylation is 4. The molecule has 0 bridgehead atoms. The summed E-state index contributed by atoms with van der Waals surface area (Å²) in [6.45, 7) is 4.55. The smallest absolute Gasteiger partial charge is 0.0885 e. The largest absolute Gasteiger partial charge is 0.310 e. The number of para-hydroxylation sites is 4. The maximum absolute atomic E-state index is 4.79. The zero-order chi connectivity index (χ0) is 37.6. The Morgan fingerprint density at radius 1 is 0.393 bits per heavy atom. The molecule has 7 aromatic carbocycles. The molecule has 0 radical (unpaired) electrons. The number of aromatic nitrogens is 2. The van der Waals surface area contributed by atoms with Gasteiger partial charge in [-0.25, -0.2) is 0 Å². The number of fused-ring (bicyclic) bond motifs is 4. The van der Waals surface area contributed by atoms with Crippen molar-refractivity contribution in [1.82, 2.24) is 9.97 Å². The van der Waals surface area contributed by atoms with Crippen LogP contribution in [0.3, 0.4) is 0 Å². The maximum Gasteiger partial charge on any atom is 0.0885 e. The van der Waals surface area contributed by atoms with Crippen LogP contribution < -0.4 is 9.80 Å². The van der Waals surface area contributed by atoms with Gasteiger partial charge in [0.15, 0.2) is 0 Å². The van der Waals surface area contributed by atoms with Gasteiger partial charge < -0.3 is 9.80 Å². The van der Waals surface area contributed by atoms with Crippen molar-refractivity contribution in [3.8, 4) is 33.5 Å². The summed E-state index contributed by atoms with van der Waals surface area (Å²) in [5, 5.41) is 0. The van der Waals surface area contributed by atoms with Crippen molar-refractivity contribution in [1.29, 1.82) is 0 Å². The molecule has 0 N–H and O–H groups in total. The molecule has 0 atom stereocenters. The molecule has 2 aliphatic rings. The summed E-state index contributed by atoms with van der Waals surface area (Å²) in [4.78, 5) is 14.2. The summed E-state index contributed by atoms with van der Waals surface area (Å²) < 4.78 is 0. The highest BCUT2D eigenvalue weighted by Crippen LogP contribution is 2.47. The summed E-state index contributed by atoms with van der Waals surface area (Å²) in [5.41, 5.74) is 21.8. The van der Waals surface area contributed by atoms with Crippen molar-refractivity contribution < 1.29 is 0 Å². The van der Waals surface area contributed by atoms with Crippen LogP contribution in [0.4, 0.5) is 34.1 Å². The number of anilines is 6. The van der Waals surface area contributed by atoms with Crippen molar-refractivity contribution in [2.45, 2.75) is 39.5 Å². The van der Waals surface area contributed by atoms with Gasteiger partial charge >= 0.3 is 0 Å². The van der Waals surface area contributed by atoms with Crippen LogP contribution in [-0.2, 0) is 25.7 Å². The molecule has 10 rings (SSSR count). The van der Waals surface area contributed by atoms with Crippen LogP contribution in [0.1, 0.15) is 33.4 Å². The van der Waals surface area contributed by atoms with E-state index in [0.29, 0.717) is 0 Å². The molecule has 0 unspecified atom stereocenters. The molecule has 4 heteroatoms. The number of nitrogens with zero attached hydrogens (tertiary/aromatic N) is 4. The zero-order valence-electron chi connectivity index (χ0n) is 31.8. The van der Waals surface area contributed by atoms with E-state index in [0.717, 1.165) is 48.1 Å². The van der Waals surface area contributed by atoms with Gasteiger partial charge in [0.2, 0.25) is 0 Å². The van der Waals surface area contributed by atoms with Gasteiger partial charge in [-0.05, 0) is 150 Å². The number of rotatable bonds is 5. The second-order valence-electron chi connectivity index (χ2n) is 15.0. The topological polar surface area (TPSA) is 32.3 Å². The van der Waals surface area contributed by atoms with Crippen LogP contribution in [0.2, 0.25) is 0 Å². The molecule has 8 aromatic rings. The first-order chi connectivity index (χ1) is 27.6. The monoisotopic (exact) mass is 722 g/mol. The second-order valence-corrected chi connectivity index (χ2v) is 15.0. The Bertz CT molecular complexity index is 2490. The van der Waals surface area contributed by atoms with Crippen molar-refractivity contribution in [2.75, 3.05) is 9.80 Å². The highest BCUT2D eigenvalue weighted by atomic mass is 15.2. The molecule has 0 spiro atoms. The van der Waals surface area contributed by atoms with Gasteiger partial charge in [-0.3, -0.25) is 9.97 Å². The minimum atomic E-state index is 0.851. The molecular formula is C52H42N4. The minimum absolute atomic E-state index is 0.851. The van der Waals surface area contributed by atoms with Gasteiger partial charge in [0.25, 0.3) is 0 Å². The Kier molecular flexibility index (Phi) is 8.52. The van der Waals surface area contributed by atoms with E-state index in [1.54, 1.807) is 12.4 Å². The first-order valence-corrected chi connectivity index (χ1v) is 19.7. The van der Waals surface area contributed by atoms with Gasteiger partial charge in [-0.15, -0.1) is 0 Å². The highest BCUT2D eigenvalue weighted by molar-refractivity contribution is 5.91. The predicted octanol–water partition coefficient (Wildman–Crippen LogP) is 13.2. The number of hydrogen-bond acceptors (Lipinski definition) is 4. The lowest BCUT2D eigenvalue weighted by atomic mass is 9.90. The fraction of sp³-hybridized carbons (Fsp3) is 0.115. The van der Waals surface area contributed by atoms with E-state index in [1.807, 2.05) is 6.20 Å². The van der Waals surface area contributed by atoms with Crippen LogP contribution in [0, 0.1) is 13.8 Å². The van der Waals surface area contributed by atoms with Crippen molar-refractivity contribution >= 4 is 34.1 Å². The van der Waals surface area contributed by atoms with E-state index in [-0.39, 0.29) is 0 Å². The summed E-state index contributed by atoms with van der Waals surface area (Å²) in [7, 11) is 0. The molecule has 0 aliphatic carbocycles. The minimum Gasteiger partial charge on any atom is -0.310 e. The Balaban J connectivity index is 1.16. The molecule has 4 nitrogen and oxygen atoms in total. The third-order valence-corrected chi connectivity index (χ3v) is 11.8. The molecule has 2 aliphatic heterocycles. The van der Waals surface area contributed by atoms with Crippen molar-refractivity contribution in [3.05, 3.63) is 204 Å². The average molecular weight is 723 g/mol. The first-order valence-electron chi connectivity index (χ1n) is 19.7. The molecule has 1 aromatic heterocycles. The molecule has 0 saturated carbocycles. The normalized spacial score (nSPS) is 13.2. The van der Waals surface area contributed by atoms with Crippen LogP contribution in [0.5, 0.6) is 0 Å². The molecule has 0 fully saturated rings. The van der Waals surface area contributed by atoms with Gasteiger partial charge in [0.05, 0.1) is 11.9 Å². The molecule has 270 valence electrons. The molecule has 3 heterocycles. The fourth-order valence-corrected chi connectivity index (χ4v) is 8.97. The van der Waals surface area contributed by atoms with E-state index in [2.05, 4.69) is 180 Å². The fourth-order valence-electron chi connectivity index (χ4n) is 8.97. The van der Waals surface area contributed by atoms with E-state index in [9.17, 15) is 0 Å². The van der Waals surface area contributed by atoms with Crippen LogP contribution in [0.15, 0.2) is 170 Å². The number of hydrogen-bond donors (Lipinski definition) is 0. The predicted molar refractivity (Wildman–Crippen MR) is 232 cm³/mol. The average Bonchev–Trinajstić information content (AvgIpc) is 3.52. The van der Waals surface area contributed by atoms with E-state index in [1.165, 1.54) is 78.6 Å². The first kappa shape index (κ1) is 33.8. The maximum atomic E-state index is 4.79. The van der Waals surface area contributed by atoms with E-state index >= 15 is 0 Å². The third-order valence-electron chi connectivity index (χ3n) is 11.8. The van der Waals surface area contributed by atoms with Gasteiger partial charge in [-0.1, -0.05) is 97.1 Å². The summed E-state index contributed by atoms with van der Waals surface area (Å²) in [6, 6.07) is 55.9. The van der Waals surface area contributed by atoms with Crippen LogP contribution in [-0.4, -0.2) is 9.97 Å². The standard InChI is InChI=1S/C52H42N4/c1-35-44(17-11-23-47(35)55-49-19-7-3-13-37(49)25-26-38-14-4-8-20-50(38)55)41-31-42(33-43(32-41)46-34-53-29-30-54-46)45-18-12-24-48(36(45)2)56-51-21-9-5-15-39(51)27-28-40-16-6-10-22-52(40)56/h3-24,29-34H,25-28H2,1-2H3. The van der Waals surface area contributed by atoms with Crippen LogP contribution >= 0.6 is 0 Å². The van der Waals surface area contributed by atoms with Crippen molar-refractivity contribution in [3.63, 3.8) is 0 Å². The van der Waals surface area contributed by atoms with Crippen molar-refractivity contribution in [2.24, 2.45) is 0 Å². The Morgan fingerprint density at radius 2 is 0.768 bits per heavy atom. The van der Waals surface area contributed by atoms with E-state index in [4.69, 9.17) is 4.98 Å². The lowest BCUT2D eigenvalue weighted by molar-refractivity contribution is 0.977. The quantitative estimate of drug-likeness (QED) is 0.177. The van der Waals surface area contributed by atoms with Gasteiger partial charge in [0.1, 0.15) is 0 Å². The summed E-state index contributed by atoms with van der Waals surface area (Å²) >= 11 is 0.